The van der Waals surface area contributed by atoms with E-state index in [0.29, 0.717) is 59.8 Å². The lowest BCUT2D eigenvalue weighted by Crippen LogP contribution is -2.07. The summed E-state index contributed by atoms with van der Waals surface area (Å²) in [5.74, 6) is 0.627. The molecule has 0 amide bonds. The molecule has 0 spiro atoms. The third-order valence-electron chi connectivity index (χ3n) is 5.18. The summed E-state index contributed by atoms with van der Waals surface area (Å²) in [6.45, 7) is 2.71. The molecule has 3 rings (SSSR count). The van der Waals surface area contributed by atoms with Crippen LogP contribution in [0.25, 0.3) is 21.5 Å². The van der Waals surface area contributed by atoms with Crippen molar-refractivity contribution >= 4 is 65.3 Å². The summed E-state index contributed by atoms with van der Waals surface area (Å²) in [6.07, 6.45) is 4.24. The van der Waals surface area contributed by atoms with Crippen LogP contribution in [0.4, 0.5) is 0 Å². The van der Waals surface area contributed by atoms with E-state index in [1.807, 2.05) is 0 Å². The van der Waals surface area contributed by atoms with E-state index in [0.717, 1.165) is 19.3 Å². The van der Waals surface area contributed by atoms with Crippen LogP contribution in [-0.4, -0.2) is 42.9 Å². The molecule has 0 unspecified atom stereocenters. The second-order valence-corrected chi connectivity index (χ2v) is 8.71. The van der Waals surface area contributed by atoms with Gasteiger partial charge in [0, 0.05) is 38.0 Å². The Kier molecular flexibility index (Phi) is 7.43. The van der Waals surface area contributed by atoms with E-state index in [9.17, 15) is 10.2 Å². The number of nitrogens with zero attached hydrogens (tertiary/aromatic N) is 1. The van der Waals surface area contributed by atoms with Crippen molar-refractivity contribution in [2.45, 2.75) is 26.2 Å². The molecule has 0 aliphatic heterocycles. The van der Waals surface area contributed by atoms with Gasteiger partial charge in [0.05, 0.1) is 30.7 Å². The minimum absolute atomic E-state index is 0.0263. The molecule has 0 heterocycles. The third-order valence-corrected chi connectivity index (χ3v) is 6.46. The lowest BCUT2D eigenvalue weighted by Gasteiger charge is -2.19. The van der Waals surface area contributed by atoms with Crippen LogP contribution in [0.15, 0.2) is 32.1 Å². The first-order valence-corrected chi connectivity index (χ1v) is 11.4. The predicted molar refractivity (Wildman–Crippen MR) is 133 cm³/mol. The molecule has 31 heavy (non-hydrogen) atoms. The second-order valence-electron chi connectivity index (χ2n) is 7.00. The Hall–Kier alpha value is -2.32. The zero-order valence-corrected chi connectivity index (χ0v) is 20.7. The first-order valence-electron chi connectivity index (χ1n) is 9.86. The lowest BCUT2D eigenvalue weighted by molar-refractivity contribution is 0.411. The summed E-state index contributed by atoms with van der Waals surface area (Å²) in [7, 11) is 2.99. The minimum atomic E-state index is -0.0873. The molecular formula is C23H24Br2N2O4. The molecule has 3 aromatic rings. The number of aromatic hydroxyl groups is 2. The molecule has 164 valence electrons. The molecular weight excluding hydrogens is 528 g/mol. The quantitative estimate of drug-likeness (QED) is 0.128. The molecule has 0 saturated carbocycles. The van der Waals surface area contributed by atoms with Crippen molar-refractivity contribution in [3.8, 4) is 23.0 Å². The summed E-state index contributed by atoms with van der Waals surface area (Å²) in [4.78, 5) is 4.57. The minimum Gasteiger partial charge on any atom is -0.507 e. The third kappa shape index (κ3) is 4.11. The van der Waals surface area contributed by atoms with Crippen LogP contribution in [0.1, 0.15) is 31.7 Å². The van der Waals surface area contributed by atoms with Crippen LogP contribution in [0.3, 0.4) is 0 Å². The summed E-state index contributed by atoms with van der Waals surface area (Å²) < 4.78 is 12.3. The number of nitrogens with one attached hydrogen (secondary N) is 1. The van der Waals surface area contributed by atoms with Crippen molar-refractivity contribution in [1.29, 1.82) is 5.41 Å². The molecule has 0 aliphatic carbocycles. The number of hydrogen-bond donors (Lipinski definition) is 3. The maximum Gasteiger partial charge on any atom is 0.140 e. The second kappa shape index (κ2) is 9.87. The van der Waals surface area contributed by atoms with Gasteiger partial charge in [0.1, 0.15) is 23.0 Å². The first kappa shape index (κ1) is 23.3. The van der Waals surface area contributed by atoms with Crippen LogP contribution in [0.2, 0.25) is 0 Å². The van der Waals surface area contributed by atoms with Gasteiger partial charge in [-0.2, -0.15) is 0 Å². The Balaban J connectivity index is 2.43. The molecule has 0 aromatic heterocycles. The molecule has 0 radical (unpaired) electrons. The van der Waals surface area contributed by atoms with Crippen LogP contribution in [-0.2, 0) is 0 Å². The Bertz CT molecular complexity index is 1190. The van der Waals surface area contributed by atoms with Crippen LogP contribution in [0, 0.1) is 5.41 Å². The highest BCUT2D eigenvalue weighted by Crippen LogP contribution is 2.53. The molecule has 0 fully saturated rings. The first-order chi connectivity index (χ1) is 14.9. The molecule has 3 aromatic carbocycles. The van der Waals surface area contributed by atoms with E-state index in [-0.39, 0.29) is 11.5 Å². The highest BCUT2D eigenvalue weighted by atomic mass is 79.9. The molecule has 6 nitrogen and oxygen atoms in total. The van der Waals surface area contributed by atoms with Gasteiger partial charge in [-0.1, -0.05) is 35.7 Å². The molecule has 8 heteroatoms. The molecule has 0 aliphatic rings. The number of unbranched alkanes of at least 4 members (excludes halogenated alkanes) is 2. The Morgan fingerprint density at radius 2 is 1.68 bits per heavy atom. The highest BCUT2D eigenvalue weighted by molar-refractivity contribution is 9.11. The SMILES string of the molecule is CCCCCN=C(C=N)c1cc(Br)c2c(O)c3c(Br)ccc(OC)c3c(O)c2c1OC. The monoisotopic (exact) mass is 550 g/mol. The fraction of sp³-hybridized carbons (Fsp3) is 0.304. The van der Waals surface area contributed by atoms with Gasteiger partial charge < -0.3 is 25.1 Å². The van der Waals surface area contributed by atoms with Crippen molar-refractivity contribution in [2.24, 2.45) is 4.99 Å². The van der Waals surface area contributed by atoms with E-state index in [2.05, 4.69) is 43.8 Å². The number of fused-ring (bicyclic) bond motifs is 2. The van der Waals surface area contributed by atoms with Crippen molar-refractivity contribution in [3.63, 3.8) is 0 Å². The average Bonchev–Trinajstić information content (AvgIpc) is 2.76. The van der Waals surface area contributed by atoms with Gasteiger partial charge in [0.15, 0.2) is 0 Å². The topological polar surface area (TPSA) is 95.1 Å². The summed E-state index contributed by atoms with van der Waals surface area (Å²) in [5, 5.41) is 31.9. The smallest absolute Gasteiger partial charge is 0.140 e. The van der Waals surface area contributed by atoms with Crippen molar-refractivity contribution < 1.29 is 19.7 Å². The predicted octanol–water partition coefficient (Wildman–Crippen LogP) is 6.58. The maximum absolute atomic E-state index is 11.3. The number of phenolic OH excluding ortho intramolecular Hbond substituents is 2. The zero-order valence-electron chi connectivity index (χ0n) is 17.6. The summed E-state index contributed by atoms with van der Waals surface area (Å²) >= 11 is 6.99. The van der Waals surface area contributed by atoms with E-state index >= 15 is 0 Å². The van der Waals surface area contributed by atoms with Gasteiger partial charge in [-0.15, -0.1) is 0 Å². The Labute approximate surface area is 197 Å². The number of halogens is 2. The Morgan fingerprint density at radius 1 is 1.00 bits per heavy atom. The van der Waals surface area contributed by atoms with Crippen LogP contribution >= 0.6 is 31.9 Å². The van der Waals surface area contributed by atoms with Gasteiger partial charge in [-0.25, -0.2) is 0 Å². The Morgan fingerprint density at radius 3 is 2.29 bits per heavy atom. The van der Waals surface area contributed by atoms with Crippen molar-refractivity contribution in [1.82, 2.24) is 0 Å². The van der Waals surface area contributed by atoms with Gasteiger partial charge in [0.25, 0.3) is 0 Å². The number of aliphatic imine (C=N–C) groups is 1. The normalized spacial score (nSPS) is 11.8. The zero-order chi connectivity index (χ0) is 22.7. The number of hydrogen-bond acceptors (Lipinski definition) is 6. The van der Waals surface area contributed by atoms with Crippen LogP contribution in [0.5, 0.6) is 23.0 Å². The number of benzene rings is 3. The van der Waals surface area contributed by atoms with E-state index in [1.165, 1.54) is 20.4 Å². The van der Waals surface area contributed by atoms with E-state index in [4.69, 9.17) is 14.9 Å². The standard InChI is InChI=1S/C23H24Br2N2O4/c1-4-5-6-9-27-15(11-26)12-10-14(25)18-20(23(12)31-3)22(29)19-16(30-2)8-7-13(24)17(19)21(18)28/h7-8,10-11,26,28-29H,4-6,9H2,1-3H3. The average molecular weight is 552 g/mol. The fourth-order valence-corrected chi connectivity index (χ4v) is 4.84. The fourth-order valence-electron chi connectivity index (χ4n) is 3.71. The van der Waals surface area contributed by atoms with Crippen molar-refractivity contribution in [3.05, 3.63) is 32.7 Å². The number of rotatable bonds is 8. The summed E-state index contributed by atoms with van der Waals surface area (Å²) in [6, 6.07) is 5.21. The summed E-state index contributed by atoms with van der Waals surface area (Å²) in [5.41, 5.74) is 0.993. The molecule has 0 atom stereocenters. The number of phenols is 2. The van der Waals surface area contributed by atoms with Gasteiger partial charge in [0.2, 0.25) is 0 Å². The van der Waals surface area contributed by atoms with Gasteiger partial charge in [-0.05, 0) is 40.5 Å². The molecule has 0 bridgehead atoms. The molecule has 0 saturated heterocycles. The van der Waals surface area contributed by atoms with E-state index in [1.54, 1.807) is 18.2 Å². The number of methoxy groups -OCH3 is 2. The molecule has 3 N–H and O–H groups in total. The van der Waals surface area contributed by atoms with E-state index < -0.39 is 0 Å². The largest absolute Gasteiger partial charge is 0.507 e. The van der Waals surface area contributed by atoms with Crippen LogP contribution < -0.4 is 9.47 Å². The van der Waals surface area contributed by atoms with Crippen molar-refractivity contribution in [2.75, 3.05) is 20.8 Å². The van der Waals surface area contributed by atoms with Gasteiger partial charge >= 0.3 is 0 Å². The maximum atomic E-state index is 11.3. The van der Waals surface area contributed by atoms with Gasteiger partial charge in [-0.3, -0.25) is 4.99 Å². The number of ether oxygens (including phenoxy) is 2. The lowest BCUT2D eigenvalue weighted by atomic mass is 9.96. The highest BCUT2D eigenvalue weighted by Gasteiger charge is 2.26.